The first-order valence-electron chi connectivity index (χ1n) is 8.38. The number of amides is 3. The van der Waals surface area contributed by atoms with Gasteiger partial charge in [-0.15, -0.1) is 0 Å². The van der Waals surface area contributed by atoms with E-state index in [4.69, 9.17) is 0 Å². The molecule has 0 radical (unpaired) electrons. The fourth-order valence-corrected chi connectivity index (χ4v) is 3.77. The van der Waals surface area contributed by atoms with Crippen LogP contribution in [-0.4, -0.2) is 34.7 Å². The Morgan fingerprint density at radius 2 is 1.56 bits per heavy atom. The van der Waals surface area contributed by atoms with Gasteiger partial charge >= 0.3 is 0 Å². The molecule has 0 fully saturated rings. The van der Waals surface area contributed by atoms with Crippen molar-refractivity contribution in [3.8, 4) is 0 Å². The largest absolute Gasteiger partial charge is 0.307 e. The van der Waals surface area contributed by atoms with E-state index in [0.717, 1.165) is 22.6 Å². The highest BCUT2D eigenvalue weighted by Crippen LogP contribution is 2.33. The van der Waals surface area contributed by atoms with Crippen LogP contribution < -0.4 is 4.90 Å². The maximum absolute atomic E-state index is 13.1. The number of hydrogen-bond donors (Lipinski definition) is 0. The Hall–Kier alpha value is -2.95. The summed E-state index contributed by atoms with van der Waals surface area (Å²) in [5, 5.41) is 0. The molecule has 0 bridgehead atoms. The first-order chi connectivity index (χ1) is 12.0. The van der Waals surface area contributed by atoms with Crippen LogP contribution in [0.3, 0.4) is 0 Å². The van der Waals surface area contributed by atoms with Crippen LogP contribution in [0.25, 0.3) is 0 Å². The molecule has 25 heavy (non-hydrogen) atoms. The molecule has 2 atom stereocenters. The van der Waals surface area contributed by atoms with Crippen molar-refractivity contribution in [2.24, 2.45) is 0 Å². The zero-order chi connectivity index (χ0) is 17.7. The topological polar surface area (TPSA) is 57.7 Å². The third kappa shape index (κ3) is 2.19. The number of carbonyl (C=O) groups excluding carboxylic acids is 3. The van der Waals surface area contributed by atoms with Gasteiger partial charge in [0.15, 0.2) is 0 Å². The number of benzene rings is 2. The second-order valence-corrected chi connectivity index (χ2v) is 6.59. The summed E-state index contributed by atoms with van der Waals surface area (Å²) in [4.78, 5) is 41.2. The molecular formula is C20H18N2O3. The van der Waals surface area contributed by atoms with E-state index in [2.05, 4.69) is 0 Å². The number of hydrogen-bond acceptors (Lipinski definition) is 3. The Morgan fingerprint density at radius 1 is 1.00 bits per heavy atom. The first kappa shape index (κ1) is 15.6. The molecule has 2 aromatic carbocycles. The average molecular weight is 334 g/mol. The van der Waals surface area contributed by atoms with Crippen LogP contribution in [0.2, 0.25) is 0 Å². The van der Waals surface area contributed by atoms with Gasteiger partial charge in [0.2, 0.25) is 5.91 Å². The summed E-state index contributed by atoms with van der Waals surface area (Å²) in [6.45, 7) is 3.60. The van der Waals surface area contributed by atoms with Crippen molar-refractivity contribution >= 4 is 23.4 Å². The summed E-state index contributed by atoms with van der Waals surface area (Å²) >= 11 is 0. The minimum Gasteiger partial charge on any atom is -0.307 e. The fourth-order valence-electron chi connectivity index (χ4n) is 3.77. The smallest absolute Gasteiger partial charge is 0.262 e. The van der Waals surface area contributed by atoms with Crippen LogP contribution in [0, 0.1) is 0 Å². The molecule has 5 heteroatoms. The van der Waals surface area contributed by atoms with Crippen molar-refractivity contribution in [1.82, 2.24) is 4.90 Å². The summed E-state index contributed by atoms with van der Waals surface area (Å²) < 4.78 is 0. The van der Waals surface area contributed by atoms with Crippen LogP contribution in [0.15, 0.2) is 48.5 Å². The molecule has 3 amide bonds. The van der Waals surface area contributed by atoms with Crippen LogP contribution in [0.4, 0.5) is 5.69 Å². The quantitative estimate of drug-likeness (QED) is 0.794. The molecule has 0 aliphatic carbocycles. The molecule has 5 nitrogen and oxygen atoms in total. The number of rotatable bonds is 2. The lowest BCUT2D eigenvalue weighted by Gasteiger charge is -2.29. The average Bonchev–Trinajstić information content (AvgIpc) is 3.08. The lowest BCUT2D eigenvalue weighted by Crippen LogP contribution is -2.51. The van der Waals surface area contributed by atoms with Gasteiger partial charge in [0, 0.05) is 11.7 Å². The zero-order valence-electron chi connectivity index (χ0n) is 14.1. The molecule has 0 saturated heterocycles. The standard InChI is InChI=1S/C20H18N2O3/c1-12-11-14-7-3-6-10-17(14)21(12)18(23)13(2)22-19(24)15-8-4-5-9-16(15)20(22)25/h3-10,12-13H,11H2,1-2H3/t12-,13-/m1/s1. The molecule has 126 valence electrons. The zero-order valence-corrected chi connectivity index (χ0v) is 14.1. The number of imide groups is 1. The summed E-state index contributed by atoms with van der Waals surface area (Å²) in [7, 11) is 0. The number of carbonyl (C=O) groups is 3. The molecule has 0 N–H and O–H groups in total. The Bertz CT molecular complexity index is 870. The molecule has 0 spiro atoms. The van der Waals surface area contributed by atoms with Gasteiger partial charge in [0.25, 0.3) is 11.8 Å². The molecular weight excluding hydrogens is 316 g/mol. The van der Waals surface area contributed by atoms with E-state index in [0.29, 0.717) is 11.1 Å². The van der Waals surface area contributed by atoms with Crippen LogP contribution in [0.1, 0.15) is 40.1 Å². The van der Waals surface area contributed by atoms with E-state index < -0.39 is 17.9 Å². The summed E-state index contributed by atoms with van der Waals surface area (Å²) in [5.74, 6) is -1.03. The predicted octanol–water partition coefficient (Wildman–Crippen LogP) is 2.65. The lowest BCUT2D eigenvalue weighted by atomic mass is 10.1. The van der Waals surface area contributed by atoms with Crippen molar-refractivity contribution in [2.45, 2.75) is 32.4 Å². The van der Waals surface area contributed by atoms with Crippen molar-refractivity contribution < 1.29 is 14.4 Å². The first-order valence-corrected chi connectivity index (χ1v) is 8.38. The summed E-state index contributed by atoms with van der Waals surface area (Å²) in [5.41, 5.74) is 2.70. The number of nitrogens with zero attached hydrogens (tertiary/aromatic N) is 2. The second kappa shape index (κ2) is 5.55. The third-order valence-electron chi connectivity index (χ3n) is 5.01. The molecule has 0 aromatic heterocycles. The number of anilines is 1. The monoisotopic (exact) mass is 334 g/mol. The maximum Gasteiger partial charge on any atom is 0.262 e. The molecule has 0 unspecified atom stereocenters. The highest BCUT2D eigenvalue weighted by molar-refractivity contribution is 6.23. The molecule has 2 aromatic rings. The molecule has 2 aliphatic rings. The van der Waals surface area contributed by atoms with E-state index in [-0.39, 0.29) is 11.9 Å². The van der Waals surface area contributed by atoms with Crippen molar-refractivity contribution in [3.63, 3.8) is 0 Å². The van der Waals surface area contributed by atoms with Crippen LogP contribution >= 0.6 is 0 Å². The molecule has 0 saturated carbocycles. The highest BCUT2D eigenvalue weighted by Gasteiger charge is 2.43. The van der Waals surface area contributed by atoms with Gasteiger partial charge in [0.1, 0.15) is 6.04 Å². The van der Waals surface area contributed by atoms with Crippen molar-refractivity contribution in [3.05, 3.63) is 65.2 Å². The van der Waals surface area contributed by atoms with Gasteiger partial charge in [0.05, 0.1) is 11.1 Å². The fraction of sp³-hybridized carbons (Fsp3) is 0.250. The Balaban J connectivity index is 1.66. The Kier molecular flexibility index (Phi) is 3.46. The van der Waals surface area contributed by atoms with E-state index in [1.54, 1.807) is 36.1 Å². The Labute approximate surface area is 145 Å². The summed E-state index contributed by atoms with van der Waals surface area (Å²) in [6.07, 6.45) is 0.775. The van der Waals surface area contributed by atoms with Crippen molar-refractivity contribution in [2.75, 3.05) is 4.90 Å². The van der Waals surface area contributed by atoms with Gasteiger partial charge < -0.3 is 4.90 Å². The number of fused-ring (bicyclic) bond motifs is 2. The van der Waals surface area contributed by atoms with E-state index in [1.165, 1.54) is 0 Å². The van der Waals surface area contributed by atoms with Gasteiger partial charge in [-0.25, -0.2) is 0 Å². The normalized spacial score (nSPS) is 19.8. The maximum atomic E-state index is 13.1. The lowest BCUT2D eigenvalue weighted by molar-refractivity contribution is -0.122. The molecule has 2 aliphatic heterocycles. The van der Waals surface area contributed by atoms with E-state index >= 15 is 0 Å². The second-order valence-electron chi connectivity index (χ2n) is 6.59. The third-order valence-corrected chi connectivity index (χ3v) is 5.01. The van der Waals surface area contributed by atoms with E-state index in [9.17, 15) is 14.4 Å². The van der Waals surface area contributed by atoms with Gasteiger partial charge in [-0.1, -0.05) is 30.3 Å². The van der Waals surface area contributed by atoms with Gasteiger partial charge in [-0.2, -0.15) is 0 Å². The van der Waals surface area contributed by atoms with E-state index in [1.807, 2.05) is 31.2 Å². The summed E-state index contributed by atoms with van der Waals surface area (Å²) in [6, 6.07) is 13.6. The minimum atomic E-state index is -0.846. The number of para-hydroxylation sites is 1. The SMILES string of the molecule is C[C@H](C(=O)N1c2ccccc2C[C@H]1C)N1C(=O)c2ccccc2C1=O. The van der Waals surface area contributed by atoms with Crippen LogP contribution in [0.5, 0.6) is 0 Å². The predicted molar refractivity (Wildman–Crippen MR) is 93.5 cm³/mol. The van der Waals surface area contributed by atoms with Crippen LogP contribution in [-0.2, 0) is 11.2 Å². The highest BCUT2D eigenvalue weighted by atomic mass is 16.2. The Morgan fingerprint density at radius 3 is 2.20 bits per heavy atom. The minimum absolute atomic E-state index is 0.00234. The van der Waals surface area contributed by atoms with Gasteiger partial charge in [-0.05, 0) is 44.0 Å². The van der Waals surface area contributed by atoms with Crippen molar-refractivity contribution in [1.29, 1.82) is 0 Å². The molecule has 2 heterocycles. The molecule has 4 rings (SSSR count). The van der Waals surface area contributed by atoms with Gasteiger partial charge in [-0.3, -0.25) is 19.3 Å².